The molecule has 1 unspecified atom stereocenters. The fraction of sp³-hybridized carbons (Fsp3) is 0.400. The van der Waals surface area contributed by atoms with Crippen LogP contribution in [0.25, 0.3) is 0 Å². The summed E-state index contributed by atoms with van der Waals surface area (Å²) >= 11 is 12.5. The van der Waals surface area contributed by atoms with Crippen LogP contribution in [-0.4, -0.2) is 16.8 Å². The van der Waals surface area contributed by atoms with E-state index in [1.165, 1.54) is 12.1 Å². The van der Waals surface area contributed by atoms with E-state index >= 15 is 0 Å². The molecule has 0 bridgehead atoms. The van der Waals surface area contributed by atoms with Gasteiger partial charge in [0.15, 0.2) is 0 Å². The van der Waals surface area contributed by atoms with Crippen LogP contribution in [0.5, 0.6) is 0 Å². The Bertz CT molecular complexity index is 640. The second-order valence-corrected chi connectivity index (χ2v) is 5.68. The van der Waals surface area contributed by atoms with Gasteiger partial charge in [0.05, 0.1) is 16.4 Å². The lowest BCUT2D eigenvalue weighted by molar-refractivity contribution is 0.558. The van der Waals surface area contributed by atoms with Gasteiger partial charge < -0.3 is 5.32 Å². The van der Waals surface area contributed by atoms with Gasteiger partial charge in [0, 0.05) is 24.5 Å². The molecular formula is C15H18Cl2FN3. The third-order valence-corrected chi connectivity index (χ3v) is 4.35. The Labute approximate surface area is 134 Å². The summed E-state index contributed by atoms with van der Waals surface area (Å²) in [7, 11) is 3.72. The maximum absolute atomic E-state index is 13.2. The highest BCUT2D eigenvalue weighted by Crippen LogP contribution is 2.29. The van der Waals surface area contributed by atoms with Crippen molar-refractivity contribution in [2.75, 3.05) is 7.05 Å². The van der Waals surface area contributed by atoms with Gasteiger partial charge in [-0.05, 0) is 31.2 Å². The zero-order valence-electron chi connectivity index (χ0n) is 12.3. The van der Waals surface area contributed by atoms with E-state index in [-0.39, 0.29) is 11.9 Å². The molecule has 0 radical (unpaired) electrons. The Hall–Kier alpha value is -1.10. The van der Waals surface area contributed by atoms with Crippen LogP contribution in [0.1, 0.15) is 29.9 Å². The van der Waals surface area contributed by atoms with Crippen molar-refractivity contribution in [2.45, 2.75) is 25.8 Å². The molecule has 2 aromatic rings. The Kier molecular flexibility index (Phi) is 5.25. The number of hydrogen-bond acceptors (Lipinski definition) is 2. The van der Waals surface area contributed by atoms with Gasteiger partial charge in [0.25, 0.3) is 0 Å². The maximum atomic E-state index is 13.2. The molecule has 1 aromatic heterocycles. The van der Waals surface area contributed by atoms with Crippen molar-refractivity contribution >= 4 is 23.2 Å². The molecule has 0 spiro atoms. The average molecular weight is 330 g/mol. The first-order chi connectivity index (χ1) is 9.97. The quantitative estimate of drug-likeness (QED) is 0.900. The van der Waals surface area contributed by atoms with Gasteiger partial charge in [-0.3, -0.25) is 4.68 Å². The van der Waals surface area contributed by atoms with Crippen molar-refractivity contribution in [3.8, 4) is 0 Å². The zero-order valence-corrected chi connectivity index (χ0v) is 13.8. The Morgan fingerprint density at radius 1 is 1.38 bits per heavy atom. The zero-order chi connectivity index (χ0) is 15.6. The smallest absolute Gasteiger partial charge is 0.124 e. The number of rotatable bonds is 5. The fourth-order valence-electron chi connectivity index (χ4n) is 2.39. The number of aryl methyl sites for hydroxylation is 2. The summed E-state index contributed by atoms with van der Waals surface area (Å²) in [5.41, 5.74) is 2.67. The second-order valence-electron chi connectivity index (χ2n) is 4.90. The number of hydrogen-bond donors (Lipinski definition) is 1. The predicted octanol–water partition coefficient (Wildman–Crippen LogP) is 3.93. The number of likely N-dealkylation sites (N-methyl/N-ethyl adjacent to an activating group) is 1. The highest BCUT2D eigenvalue weighted by molar-refractivity contribution is 6.32. The van der Waals surface area contributed by atoms with Crippen molar-refractivity contribution in [2.24, 2.45) is 7.05 Å². The van der Waals surface area contributed by atoms with Crippen LogP contribution < -0.4 is 5.32 Å². The Morgan fingerprint density at radius 2 is 2.10 bits per heavy atom. The third-order valence-electron chi connectivity index (χ3n) is 3.59. The minimum Gasteiger partial charge on any atom is -0.313 e. The summed E-state index contributed by atoms with van der Waals surface area (Å²) in [6.45, 7) is 2.02. The molecule has 1 heterocycles. The number of halogens is 3. The highest BCUT2D eigenvalue weighted by atomic mass is 35.5. The van der Waals surface area contributed by atoms with Gasteiger partial charge >= 0.3 is 0 Å². The van der Waals surface area contributed by atoms with Crippen LogP contribution in [0, 0.1) is 5.82 Å². The van der Waals surface area contributed by atoms with Crippen LogP contribution in [0.4, 0.5) is 4.39 Å². The molecule has 0 saturated carbocycles. The summed E-state index contributed by atoms with van der Waals surface area (Å²) in [5, 5.41) is 8.71. The number of aromatic nitrogens is 2. The van der Waals surface area contributed by atoms with E-state index in [4.69, 9.17) is 23.2 Å². The van der Waals surface area contributed by atoms with Crippen LogP contribution in [-0.2, 0) is 19.9 Å². The van der Waals surface area contributed by atoms with Crippen LogP contribution >= 0.6 is 23.2 Å². The number of benzene rings is 1. The normalized spacial score (nSPS) is 12.7. The van der Waals surface area contributed by atoms with E-state index in [2.05, 4.69) is 10.4 Å². The lowest BCUT2D eigenvalue weighted by Crippen LogP contribution is -2.20. The summed E-state index contributed by atoms with van der Waals surface area (Å²) in [6.07, 6.45) is 1.42. The van der Waals surface area contributed by atoms with E-state index in [0.29, 0.717) is 16.5 Å². The van der Waals surface area contributed by atoms with Gasteiger partial charge in [0.1, 0.15) is 5.82 Å². The molecule has 0 aliphatic rings. The number of nitrogens with zero attached hydrogens (tertiary/aromatic N) is 2. The van der Waals surface area contributed by atoms with Crippen molar-refractivity contribution in [3.63, 3.8) is 0 Å². The number of nitrogens with one attached hydrogen (secondary N) is 1. The fourth-order valence-corrected chi connectivity index (χ4v) is 3.06. The Morgan fingerprint density at radius 3 is 2.62 bits per heavy atom. The van der Waals surface area contributed by atoms with Gasteiger partial charge in [-0.2, -0.15) is 5.10 Å². The highest BCUT2D eigenvalue weighted by Gasteiger charge is 2.20. The molecule has 0 amide bonds. The minimum absolute atomic E-state index is 0.0595. The monoisotopic (exact) mass is 329 g/mol. The van der Waals surface area contributed by atoms with E-state index in [9.17, 15) is 4.39 Å². The Balaban J connectivity index is 2.33. The van der Waals surface area contributed by atoms with E-state index in [1.807, 2.05) is 21.0 Å². The molecule has 1 atom stereocenters. The van der Waals surface area contributed by atoms with E-state index in [0.717, 1.165) is 23.4 Å². The first-order valence-corrected chi connectivity index (χ1v) is 7.56. The van der Waals surface area contributed by atoms with Crippen molar-refractivity contribution in [1.82, 2.24) is 15.1 Å². The molecule has 0 aliphatic heterocycles. The topological polar surface area (TPSA) is 29.9 Å². The molecule has 3 nitrogen and oxygen atoms in total. The van der Waals surface area contributed by atoms with Gasteiger partial charge in [0.2, 0.25) is 0 Å². The van der Waals surface area contributed by atoms with Crippen molar-refractivity contribution in [1.29, 1.82) is 0 Å². The summed E-state index contributed by atoms with van der Waals surface area (Å²) < 4.78 is 15.0. The van der Waals surface area contributed by atoms with Crippen molar-refractivity contribution in [3.05, 3.63) is 51.0 Å². The summed E-state index contributed by atoms with van der Waals surface area (Å²) in [4.78, 5) is 0. The minimum atomic E-state index is -0.342. The first-order valence-electron chi connectivity index (χ1n) is 6.80. The molecule has 1 N–H and O–H groups in total. The van der Waals surface area contributed by atoms with Gasteiger partial charge in [-0.15, -0.1) is 0 Å². The van der Waals surface area contributed by atoms with Crippen LogP contribution in [0.2, 0.25) is 10.0 Å². The summed E-state index contributed by atoms with van der Waals surface area (Å²) in [6, 6.07) is 4.37. The molecule has 21 heavy (non-hydrogen) atoms. The molecule has 6 heteroatoms. The predicted molar refractivity (Wildman–Crippen MR) is 84.5 cm³/mol. The standard InChI is InChI=1S/C15H18Cl2FN3/c1-4-12-15(17)14(21(3)20-12)8-13(19-2)10-6-5-9(18)7-11(10)16/h5-7,13,19H,4,8H2,1-3H3. The van der Waals surface area contributed by atoms with Gasteiger partial charge in [-0.25, -0.2) is 4.39 Å². The SMILES string of the molecule is CCc1nn(C)c(CC(NC)c2ccc(F)cc2Cl)c1Cl. The van der Waals surface area contributed by atoms with Crippen LogP contribution in [0.15, 0.2) is 18.2 Å². The average Bonchev–Trinajstić information content (AvgIpc) is 2.72. The maximum Gasteiger partial charge on any atom is 0.124 e. The molecule has 1 aromatic carbocycles. The van der Waals surface area contributed by atoms with Crippen molar-refractivity contribution < 1.29 is 4.39 Å². The van der Waals surface area contributed by atoms with Gasteiger partial charge in [-0.1, -0.05) is 36.2 Å². The molecule has 114 valence electrons. The summed E-state index contributed by atoms with van der Waals surface area (Å²) in [5.74, 6) is -0.342. The molecule has 0 fully saturated rings. The molecule has 0 saturated heterocycles. The largest absolute Gasteiger partial charge is 0.313 e. The van der Waals surface area contributed by atoms with Crippen LogP contribution in [0.3, 0.4) is 0 Å². The third kappa shape index (κ3) is 3.39. The lowest BCUT2D eigenvalue weighted by Gasteiger charge is -2.18. The van der Waals surface area contributed by atoms with E-state index in [1.54, 1.807) is 10.7 Å². The molecular weight excluding hydrogens is 312 g/mol. The molecule has 0 aliphatic carbocycles. The lowest BCUT2D eigenvalue weighted by atomic mass is 10.0. The second kappa shape index (κ2) is 6.77. The first kappa shape index (κ1) is 16.3. The molecule has 2 rings (SSSR count). The van der Waals surface area contributed by atoms with E-state index < -0.39 is 0 Å².